The van der Waals surface area contributed by atoms with Gasteiger partial charge in [-0.2, -0.15) is 13.2 Å². The van der Waals surface area contributed by atoms with Gasteiger partial charge in [0.1, 0.15) is 5.82 Å². The summed E-state index contributed by atoms with van der Waals surface area (Å²) in [4.78, 5) is 12.4. The maximum atomic E-state index is 13.0. The van der Waals surface area contributed by atoms with Crippen molar-refractivity contribution in [3.8, 4) is 0 Å². The Bertz CT molecular complexity index is 472. The van der Waals surface area contributed by atoms with E-state index in [0.29, 0.717) is 24.9 Å². The second-order valence-electron chi connectivity index (χ2n) is 4.65. The molecule has 2 nitrogen and oxygen atoms in total. The van der Waals surface area contributed by atoms with Crippen LogP contribution in [0.5, 0.6) is 0 Å². The summed E-state index contributed by atoms with van der Waals surface area (Å²) in [5.41, 5.74) is 0.452. The Balaban J connectivity index is 2.24. The zero-order valence-electron chi connectivity index (χ0n) is 10.1. The van der Waals surface area contributed by atoms with Crippen molar-refractivity contribution in [1.29, 1.82) is 0 Å². The zero-order valence-corrected chi connectivity index (χ0v) is 10.1. The lowest BCUT2D eigenvalue weighted by atomic mass is 9.96. The van der Waals surface area contributed by atoms with Crippen LogP contribution in [0.3, 0.4) is 0 Å². The molecule has 1 heterocycles. The Morgan fingerprint density at radius 1 is 1.32 bits per heavy atom. The van der Waals surface area contributed by atoms with Crippen molar-refractivity contribution < 1.29 is 22.4 Å². The van der Waals surface area contributed by atoms with E-state index in [9.17, 15) is 22.4 Å². The predicted octanol–water partition coefficient (Wildman–Crippen LogP) is 3.42. The van der Waals surface area contributed by atoms with Gasteiger partial charge in [-0.05, 0) is 31.0 Å². The van der Waals surface area contributed by atoms with Crippen LogP contribution in [0.1, 0.15) is 23.2 Å². The van der Waals surface area contributed by atoms with E-state index >= 15 is 0 Å². The first-order valence-corrected chi connectivity index (χ1v) is 5.98. The molecule has 104 valence electrons. The maximum Gasteiger partial charge on any atom is 0.393 e. The molecule has 0 aliphatic carbocycles. The maximum absolute atomic E-state index is 13.0. The van der Waals surface area contributed by atoms with E-state index in [-0.39, 0.29) is 18.5 Å². The van der Waals surface area contributed by atoms with Gasteiger partial charge in [-0.25, -0.2) is 4.39 Å². The van der Waals surface area contributed by atoms with Crippen LogP contribution in [-0.2, 0) is 0 Å². The van der Waals surface area contributed by atoms with E-state index in [1.54, 1.807) is 0 Å². The second kappa shape index (κ2) is 5.19. The van der Waals surface area contributed by atoms with Crippen molar-refractivity contribution in [2.75, 3.05) is 18.0 Å². The Morgan fingerprint density at radius 2 is 2.05 bits per heavy atom. The molecule has 0 spiro atoms. The fraction of sp³-hybridized carbons (Fsp3) is 0.462. The molecule has 6 heteroatoms. The number of carbonyl (C=O) groups excluding carboxylic acids is 1. The fourth-order valence-corrected chi connectivity index (χ4v) is 2.37. The number of nitrogens with zero attached hydrogens (tertiary/aromatic N) is 1. The average molecular weight is 275 g/mol. The topological polar surface area (TPSA) is 20.3 Å². The number of rotatable bonds is 2. The summed E-state index contributed by atoms with van der Waals surface area (Å²) in [7, 11) is 0. The van der Waals surface area contributed by atoms with Crippen LogP contribution in [0.2, 0.25) is 0 Å². The van der Waals surface area contributed by atoms with Crippen molar-refractivity contribution in [3.63, 3.8) is 0 Å². The Morgan fingerprint density at radius 3 is 2.68 bits per heavy atom. The molecule has 2 rings (SSSR count). The van der Waals surface area contributed by atoms with Crippen LogP contribution in [-0.4, -0.2) is 25.6 Å². The molecule has 0 saturated carbocycles. The molecule has 1 saturated heterocycles. The van der Waals surface area contributed by atoms with Gasteiger partial charge < -0.3 is 4.90 Å². The van der Waals surface area contributed by atoms with Gasteiger partial charge in [-0.3, -0.25) is 4.79 Å². The minimum atomic E-state index is -4.24. The third kappa shape index (κ3) is 3.05. The largest absolute Gasteiger partial charge is 0.393 e. The molecule has 0 bridgehead atoms. The van der Waals surface area contributed by atoms with E-state index in [1.165, 1.54) is 11.0 Å². The van der Waals surface area contributed by atoms with Crippen molar-refractivity contribution in [2.24, 2.45) is 5.92 Å². The summed E-state index contributed by atoms with van der Waals surface area (Å²) in [6, 6.07) is 3.55. The van der Waals surface area contributed by atoms with Crippen molar-refractivity contribution >= 4 is 12.0 Å². The third-order valence-corrected chi connectivity index (χ3v) is 3.34. The Kier molecular flexibility index (Phi) is 3.78. The molecule has 0 radical (unpaired) electrons. The minimum absolute atomic E-state index is 0.0859. The van der Waals surface area contributed by atoms with E-state index < -0.39 is 17.9 Å². The van der Waals surface area contributed by atoms with Crippen LogP contribution in [0, 0.1) is 11.7 Å². The van der Waals surface area contributed by atoms with E-state index in [2.05, 4.69) is 0 Å². The lowest BCUT2D eigenvalue weighted by Gasteiger charge is -2.35. The highest BCUT2D eigenvalue weighted by molar-refractivity contribution is 5.84. The Hall–Kier alpha value is -1.59. The first kappa shape index (κ1) is 13.8. The van der Waals surface area contributed by atoms with Crippen LogP contribution in [0.15, 0.2) is 18.2 Å². The average Bonchev–Trinajstić information content (AvgIpc) is 2.37. The first-order valence-electron chi connectivity index (χ1n) is 5.98. The lowest BCUT2D eigenvalue weighted by molar-refractivity contribution is -0.175. The van der Waals surface area contributed by atoms with Gasteiger partial charge in [0.15, 0.2) is 6.29 Å². The summed E-state index contributed by atoms with van der Waals surface area (Å²) in [6.45, 7) is 0.259. The van der Waals surface area contributed by atoms with Crippen molar-refractivity contribution in [2.45, 2.75) is 19.0 Å². The molecule has 1 aliphatic rings. The van der Waals surface area contributed by atoms with Gasteiger partial charge in [0, 0.05) is 24.3 Å². The van der Waals surface area contributed by atoms with Crippen LogP contribution in [0.25, 0.3) is 0 Å². The molecule has 0 aromatic heterocycles. The quantitative estimate of drug-likeness (QED) is 0.609. The predicted molar refractivity (Wildman–Crippen MR) is 62.8 cm³/mol. The summed E-state index contributed by atoms with van der Waals surface area (Å²) < 4.78 is 51.2. The van der Waals surface area contributed by atoms with Gasteiger partial charge in [0.2, 0.25) is 0 Å². The molecule has 19 heavy (non-hydrogen) atoms. The zero-order chi connectivity index (χ0) is 14.0. The van der Waals surface area contributed by atoms with E-state index in [4.69, 9.17) is 0 Å². The van der Waals surface area contributed by atoms with Gasteiger partial charge in [-0.15, -0.1) is 0 Å². The Labute approximate surface area is 108 Å². The highest BCUT2D eigenvalue weighted by atomic mass is 19.4. The minimum Gasteiger partial charge on any atom is -0.370 e. The number of alkyl halides is 3. The summed E-state index contributed by atoms with van der Waals surface area (Å²) in [6.07, 6.45) is -3.27. The van der Waals surface area contributed by atoms with E-state index in [0.717, 1.165) is 12.1 Å². The monoisotopic (exact) mass is 275 g/mol. The highest BCUT2D eigenvalue weighted by Crippen LogP contribution is 2.35. The molecule has 1 unspecified atom stereocenters. The van der Waals surface area contributed by atoms with Gasteiger partial charge >= 0.3 is 6.18 Å². The standard InChI is InChI=1S/C13H13F4NO/c14-11-3-4-12(9(6-11)8-19)18-5-1-2-10(7-18)13(15,16)17/h3-4,6,8,10H,1-2,5,7H2. The molecular weight excluding hydrogens is 262 g/mol. The lowest BCUT2D eigenvalue weighted by Crippen LogP contribution is -2.42. The number of benzene rings is 1. The molecule has 1 aliphatic heterocycles. The van der Waals surface area contributed by atoms with Crippen LogP contribution >= 0.6 is 0 Å². The first-order chi connectivity index (χ1) is 8.91. The molecule has 1 fully saturated rings. The third-order valence-electron chi connectivity index (χ3n) is 3.34. The normalized spacial score (nSPS) is 20.4. The summed E-state index contributed by atoms with van der Waals surface area (Å²) in [5, 5.41) is 0. The van der Waals surface area contributed by atoms with Gasteiger partial charge in [-0.1, -0.05) is 0 Å². The van der Waals surface area contributed by atoms with Crippen molar-refractivity contribution in [3.05, 3.63) is 29.6 Å². The smallest absolute Gasteiger partial charge is 0.370 e. The number of piperidine rings is 1. The van der Waals surface area contributed by atoms with E-state index in [1.807, 2.05) is 0 Å². The molecule has 0 amide bonds. The fourth-order valence-electron chi connectivity index (χ4n) is 2.37. The summed E-state index contributed by atoms with van der Waals surface area (Å²) in [5.74, 6) is -1.97. The second-order valence-corrected chi connectivity index (χ2v) is 4.65. The number of anilines is 1. The highest BCUT2D eigenvalue weighted by Gasteiger charge is 2.42. The van der Waals surface area contributed by atoms with Crippen LogP contribution in [0.4, 0.5) is 23.2 Å². The number of hydrogen-bond donors (Lipinski definition) is 0. The molecular formula is C13H13F4NO. The molecule has 1 aromatic carbocycles. The van der Waals surface area contributed by atoms with Crippen molar-refractivity contribution in [1.82, 2.24) is 0 Å². The summed E-state index contributed by atoms with van der Waals surface area (Å²) >= 11 is 0. The number of carbonyl (C=O) groups is 1. The molecule has 0 N–H and O–H groups in total. The molecule has 1 atom stereocenters. The number of halogens is 4. The van der Waals surface area contributed by atoms with Gasteiger partial charge in [0.25, 0.3) is 0 Å². The number of hydrogen-bond acceptors (Lipinski definition) is 2. The van der Waals surface area contributed by atoms with Gasteiger partial charge in [0.05, 0.1) is 5.92 Å². The molecule has 1 aromatic rings. The number of aldehydes is 1. The SMILES string of the molecule is O=Cc1cc(F)ccc1N1CCCC(C(F)(F)F)C1. The van der Waals surface area contributed by atoms with Crippen LogP contribution < -0.4 is 4.90 Å².